The Hall–Kier alpha value is -2.48. The largest absolute Gasteiger partial charge is 0.472 e. The molecule has 0 aliphatic heterocycles. The molecule has 0 saturated heterocycles. The van der Waals surface area contributed by atoms with Crippen LogP contribution in [0.25, 0.3) is 0 Å². The molecule has 0 aromatic rings. The van der Waals surface area contributed by atoms with Crippen LogP contribution in [0.15, 0.2) is 85.1 Å². The number of aliphatic hydroxyl groups is 5. The van der Waals surface area contributed by atoms with E-state index in [0.29, 0.717) is 19.4 Å². The van der Waals surface area contributed by atoms with Gasteiger partial charge in [0.05, 0.1) is 13.2 Å². The number of hydrogen-bond acceptors (Lipinski definition) is 11. The molecular formula is C47H79O12P. The van der Waals surface area contributed by atoms with Crippen molar-refractivity contribution in [2.45, 2.75) is 185 Å². The molecule has 1 saturated carbocycles. The summed E-state index contributed by atoms with van der Waals surface area (Å²) in [7, 11) is -5.04. The molecule has 344 valence electrons. The molecule has 0 aromatic heterocycles. The van der Waals surface area contributed by atoms with Crippen LogP contribution in [0.2, 0.25) is 0 Å². The van der Waals surface area contributed by atoms with Crippen LogP contribution < -0.4 is 0 Å². The van der Waals surface area contributed by atoms with Gasteiger partial charge >= 0.3 is 13.8 Å². The third-order valence-electron chi connectivity index (χ3n) is 9.75. The summed E-state index contributed by atoms with van der Waals surface area (Å²) < 4.78 is 34.0. The molecule has 1 fully saturated rings. The summed E-state index contributed by atoms with van der Waals surface area (Å²) in [5, 5.41) is 50.1. The monoisotopic (exact) mass is 867 g/mol. The second kappa shape index (κ2) is 37.1. The first-order valence-electron chi connectivity index (χ1n) is 22.4. The average Bonchev–Trinajstić information content (AvgIpc) is 3.23. The molecule has 0 heterocycles. The van der Waals surface area contributed by atoms with Crippen molar-refractivity contribution in [3.8, 4) is 0 Å². The summed E-state index contributed by atoms with van der Waals surface area (Å²) in [6, 6.07) is 0. The van der Waals surface area contributed by atoms with Crippen molar-refractivity contribution in [3.63, 3.8) is 0 Å². The molecule has 1 aliphatic carbocycles. The van der Waals surface area contributed by atoms with Crippen LogP contribution in [0.5, 0.6) is 0 Å². The summed E-state index contributed by atoms with van der Waals surface area (Å²) in [4.78, 5) is 23.1. The molecule has 0 bridgehead atoms. The van der Waals surface area contributed by atoms with E-state index in [1.807, 2.05) is 0 Å². The molecule has 0 aromatic carbocycles. The molecule has 0 spiro atoms. The van der Waals surface area contributed by atoms with E-state index in [1.165, 1.54) is 25.7 Å². The minimum Gasteiger partial charge on any atom is -0.457 e. The van der Waals surface area contributed by atoms with Gasteiger partial charge in [-0.15, -0.1) is 0 Å². The Kier molecular flexibility index (Phi) is 34.3. The fourth-order valence-electron chi connectivity index (χ4n) is 6.19. The van der Waals surface area contributed by atoms with Crippen LogP contribution in [0.3, 0.4) is 0 Å². The lowest BCUT2D eigenvalue weighted by atomic mass is 9.85. The van der Waals surface area contributed by atoms with Crippen LogP contribution in [-0.4, -0.2) is 98.9 Å². The van der Waals surface area contributed by atoms with Gasteiger partial charge in [0.2, 0.25) is 0 Å². The van der Waals surface area contributed by atoms with Gasteiger partial charge in [0, 0.05) is 13.0 Å². The number of carbonyl (C=O) groups is 1. The Morgan fingerprint density at radius 3 is 1.52 bits per heavy atom. The number of ether oxygens (including phenoxy) is 2. The maximum absolute atomic E-state index is 12.8. The first-order chi connectivity index (χ1) is 29.0. The number of carbonyl (C=O) groups excluding carboxylic acids is 1. The number of unbranched alkanes of at least 4 members (excludes halogenated alkanes) is 10. The van der Waals surface area contributed by atoms with Crippen LogP contribution in [0.4, 0.5) is 0 Å². The van der Waals surface area contributed by atoms with E-state index in [2.05, 4.69) is 98.9 Å². The van der Waals surface area contributed by atoms with E-state index < -0.39 is 63.1 Å². The molecular weight excluding hydrogens is 787 g/mol. The second-order valence-corrected chi connectivity index (χ2v) is 16.6. The van der Waals surface area contributed by atoms with E-state index >= 15 is 0 Å². The zero-order chi connectivity index (χ0) is 44.1. The minimum atomic E-state index is -5.04. The fraction of sp³-hybridized carbons (Fsp3) is 0.681. The van der Waals surface area contributed by atoms with E-state index in [4.69, 9.17) is 18.5 Å². The quantitative estimate of drug-likeness (QED) is 0.0152. The summed E-state index contributed by atoms with van der Waals surface area (Å²) in [6.07, 6.45) is 36.6. The second-order valence-electron chi connectivity index (χ2n) is 15.2. The van der Waals surface area contributed by atoms with E-state index in [-0.39, 0.29) is 13.0 Å². The molecule has 0 amide bonds. The number of aliphatic hydroxyl groups excluding tert-OH is 5. The predicted octanol–water partition coefficient (Wildman–Crippen LogP) is 8.97. The van der Waals surface area contributed by atoms with Gasteiger partial charge in [-0.3, -0.25) is 13.8 Å². The van der Waals surface area contributed by atoms with Crippen LogP contribution in [-0.2, 0) is 27.9 Å². The Morgan fingerprint density at radius 1 is 0.550 bits per heavy atom. The molecule has 12 nitrogen and oxygen atoms in total. The molecule has 1 aliphatic rings. The normalized spacial score (nSPS) is 23.1. The van der Waals surface area contributed by atoms with Crippen molar-refractivity contribution in [1.29, 1.82) is 0 Å². The maximum Gasteiger partial charge on any atom is 0.472 e. The zero-order valence-electron chi connectivity index (χ0n) is 36.5. The number of phosphoric ester groups is 1. The lowest BCUT2D eigenvalue weighted by Gasteiger charge is -2.41. The van der Waals surface area contributed by atoms with Crippen molar-refractivity contribution in [1.82, 2.24) is 0 Å². The number of allylic oxidation sites excluding steroid dienone is 14. The van der Waals surface area contributed by atoms with Gasteiger partial charge in [0.1, 0.15) is 42.7 Å². The van der Waals surface area contributed by atoms with Gasteiger partial charge in [0.15, 0.2) is 0 Å². The maximum atomic E-state index is 12.8. The molecule has 6 atom stereocenters. The summed E-state index contributed by atoms with van der Waals surface area (Å²) in [6.45, 7) is 3.95. The van der Waals surface area contributed by atoms with Gasteiger partial charge in [-0.2, -0.15) is 0 Å². The first-order valence-corrected chi connectivity index (χ1v) is 23.9. The van der Waals surface area contributed by atoms with Crippen LogP contribution in [0, 0.1) is 0 Å². The van der Waals surface area contributed by atoms with Gasteiger partial charge in [-0.1, -0.05) is 137 Å². The van der Waals surface area contributed by atoms with Gasteiger partial charge in [-0.25, -0.2) is 4.57 Å². The SMILES string of the molecule is CC/C=C\C/C=C\C/C=C\C/C=C\C/C=C\C/C=C\CCCOCC(COP(=O)(O)OC1C(O)C(O)C(O)C(O)C1O)OC(=O)CCCCCCC/C=C\CCCCCC. The lowest BCUT2D eigenvalue weighted by molar-refractivity contribution is -0.220. The number of phosphoric acid groups is 1. The highest BCUT2D eigenvalue weighted by molar-refractivity contribution is 7.47. The Labute approximate surface area is 361 Å². The van der Waals surface area contributed by atoms with E-state index in [9.17, 15) is 39.8 Å². The van der Waals surface area contributed by atoms with Gasteiger partial charge in [0.25, 0.3) is 0 Å². The first kappa shape index (κ1) is 55.5. The molecule has 6 N–H and O–H groups in total. The summed E-state index contributed by atoms with van der Waals surface area (Å²) in [5.41, 5.74) is 0. The molecule has 60 heavy (non-hydrogen) atoms. The standard InChI is InChI=1S/C47H79O12P/c1-3-5-7-9-11-13-15-17-18-19-20-21-22-23-25-27-29-31-33-35-37-56-38-40(39-57-60(54,55)59-47-45(52)43(50)42(49)44(51)46(47)53)58-41(48)36-34-32-30-28-26-24-16-14-12-10-8-6-4-2/h5,7,11,13-14,16-18,20-21,23,25,29,31,40,42-47,49-53H,3-4,6,8-10,12,15,19,22,24,26-28,30,32-39H2,1-2H3,(H,54,55)/b7-5-,13-11-,16-14-,18-17-,21-20-,25-23-,31-29-. The molecule has 6 unspecified atom stereocenters. The predicted molar refractivity (Wildman–Crippen MR) is 239 cm³/mol. The molecule has 13 heteroatoms. The summed E-state index contributed by atoms with van der Waals surface area (Å²) in [5.74, 6) is -0.511. The van der Waals surface area contributed by atoms with E-state index in [1.54, 1.807) is 0 Å². The van der Waals surface area contributed by atoms with Crippen molar-refractivity contribution in [3.05, 3.63) is 85.1 Å². The third kappa shape index (κ3) is 28.9. The number of rotatable bonds is 36. The Morgan fingerprint density at radius 2 is 0.983 bits per heavy atom. The third-order valence-corrected chi connectivity index (χ3v) is 10.7. The summed E-state index contributed by atoms with van der Waals surface area (Å²) >= 11 is 0. The number of esters is 1. The van der Waals surface area contributed by atoms with Crippen LogP contribution in [0.1, 0.15) is 142 Å². The van der Waals surface area contributed by atoms with Crippen molar-refractivity contribution >= 4 is 13.8 Å². The van der Waals surface area contributed by atoms with Gasteiger partial charge in [-0.05, 0) is 83.5 Å². The average molecular weight is 867 g/mol. The smallest absolute Gasteiger partial charge is 0.457 e. The molecule has 0 radical (unpaired) electrons. The Balaban J connectivity index is 2.47. The van der Waals surface area contributed by atoms with Crippen molar-refractivity contribution in [2.75, 3.05) is 19.8 Å². The van der Waals surface area contributed by atoms with Crippen molar-refractivity contribution < 1.29 is 58.3 Å². The highest BCUT2D eigenvalue weighted by Crippen LogP contribution is 2.47. The fourth-order valence-corrected chi connectivity index (χ4v) is 7.16. The van der Waals surface area contributed by atoms with Crippen LogP contribution >= 0.6 is 7.82 Å². The van der Waals surface area contributed by atoms with E-state index in [0.717, 1.165) is 83.5 Å². The Bertz CT molecular complexity index is 1310. The number of hydrogen-bond donors (Lipinski definition) is 6. The van der Waals surface area contributed by atoms with Gasteiger partial charge < -0.3 is 39.9 Å². The lowest BCUT2D eigenvalue weighted by Crippen LogP contribution is -2.64. The van der Waals surface area contributed by atoms with Crippen molar-refractivity contribution in [2.24, 2.45) is 0 Å². The molecule has 1 rings (SSSR count). The zero-order valence-corrected chi connectivity index (χ0v) is 37.4. The highest BCUT2D eigenvalue weighted by Gasteiger charge is 2.51. The highest BCUT2D eigenvalue weighted by atomic mass is 31.2. The topological polar surface area (TPSA) is 192 Å². The minimum absolute atomic E-state index is 0.125.